The van der Waals surface area contributed by atoms with Crippen LogP contribution in [0.4, 0.5) is 10.5 Å². The van der Waals surface area contributed by atoms with Gasteiger partial charge in [-0.05, 0) is 54.8 Å². The van der Waals surface area contributed by atoms with Gasteiger partial charge in [0.2, 0.25) is 0 Å². The molecule has 5 rings (SSSR count). The van der Waals surface area contributed by atoms with E-state index in [1.165, 1.54) is 0 Å². The summed E-state index contributed by atoms with van der Waals surface area (Å²) in [5.74, 6) is 0.845. The lowest BCUT2D eigenvalue weighted by atomic mass is 10.0. The maximum absolute atomic E-state index is 12.7. The van der Waals surface area contributed by atoms with Gasteiger partial charge in [0.1, 0.15) is 11.4 Å². The van der Waals surface area contributed by atoms with Crippen LogP contribution < -0.4 is 10.1 Å². The highest BCUT2D eigenvalue weighted by atomic mass is 16.5. The number of methoxy groups -OCH3 is 1. The summed E-state index contributed by atoms with van der Waals surface area (Å²) in [6, 6.07) is 15.9. The van der Waals surface area contributed by atoms with Crippen molar-refractivity contribution in [2.45, 2.75) is 19.9 Å². The number of anilines is 1. The van der Waals surface area contributed by atoms with Crippen molar-refractivity contribution < 1.29 is 9.53 Å². The number of amides is 2. The molecule has 2 amide bonds. The first-order valence-electron chi connectivity index (χ1n) is 10.2. The Morgan fingerprint density at radius 3 is 2.87 bits per heavy atom. The Labute approximate surface area is 180 Å². The van der Waals surface area contributed by atoms with Crippen LogP contribution in [0.5, 0.6) is 5.75 Å². The molecule has 2 aromatic heterocycles. The van der Waals surface area contributed by atoms with Crippen molar-refractivity contribution in [3.63, 3.8) is 0 Å². The zero-order chi connectivity index (χ0) is 21.4. The number of pyridine rings is 1. The number of H-pyrrole nitrogens is 1. The topological polar surface area (TPSA) is 83.1 Å². The monoisotopic (exact) mass is 413 g/mol. The van der Waals surface area contributed by atoms with Crippen LogP contribution in [0.2, 0.25) is 0 Å². The molecular weight excluding hydrogens is 390 g/mol. The second kappa shape index (κ2) is 7.75. The van der Waals surface area contributed by atoms with Crippen LogP contribution >= 0.6 is 0 Å². The highest BCUT2D eigenvalue weighted by Gasteiger charge is 2.24. The zero-order valence-electron chi connectivity index (χ0n) is 17.5. The molecule has 7 nitrogen and oxygen atoms in total. The molecule has 0 fully saturated rings. The molecule has 0 aliphatic carbocycles. The van der Waals surface area contributed by atoms with Crippen LogP contribution in [-0.2, 0) is 13.0 Å². The van der Waals surface area contributed by atoms with E-state index in [0.29, 0.717) is 13.1 Å². The van der Waals surface area contributed by atoms with Gasteiger partial charge in [-0.3, -0.25) is 10.1 Å². The highest BCUT2D eigenvalue weighted by Crippen LogP contribution is 2.33. The van der Waals surface area contributed by atoms with Gasteiger partial charge >= 0.3 is 6.03 Å². The molecule has 0 saturated carbocycles. The van der Waals surface area contributed by atoms with E-state index in [2.05, 4.69) is 26.6 Å². The van der Waals surface area contributed by atoms with Crippen molar-refractivity contribution in [2.75, 3.05) is 19.0 Å². The number of fused-ring (bicyclic) bond motifs is 2. The van der Waals surface area contributed by atoms with E-state index in [4.69, 9.17) is 4.74 Å². The number of aromatic amines is 1. The molecule has 0 atom stereocenters. The fourth-order valence-electron chi connectivity index (χ4n) is 4.09. The summed E-state index contributed by atoms with van der Waals surface area (Å²) < 4.78 is 5.44. The Bertz CT molecular complexity index is 1280. The number of benzene rings is 2. The standard InChI is InChI=1S/C24H23N5O2/c1-15-11-17(7-9-25-15)23-19-12-18-14-29(10-8-16-5-3-4-6-22(16)31-2)24(30)26-20(18)13-21(19)27-28-23/h3-7,9,11-13H,8,10,14H2,1-2H3,(H,26,30)(H,27,28). The Morgan fingerprint density at radius 2 is 2.03 bits per heavy atom. The Morgan fingerprint density at radius 1 is 1.16 bits per heavy atom. The van der Waals surface area contributed by atoms with Crippen molar-refractivity contribution in [3.8, 4) is 17.0 Å². The van der Waals surface area contributed by atoms with Crippen LogP contribution in [0.1, 0.15) is 16.8 Å². The first kappa shape index (κ1) is 19.1. The molecule has 2 aromatic carbocycles. The molecule has 0 bridgehead atoms. The molecule has 0 saturated heterocycles. The molecule has 0 radical (unpaired) electrons. The average molecular weight is 413 g/mol. The van der Waals surface area contributed by atoms with E-state index in [9.17, 15) is 4.79 Å². The number of hydrogen-bond donors (Lipinski definition) is 2. The molecule has 0 spiro atoms. The third-order valence-electron chi connectivity index (χ3n) is 5.69. The van der Waals surface area contributed by atoms with E-state index < -0.39 is 0 Å². The van der Waals surface area contributed by atoms with Gasteiger partial charge in [0, 0.05) is 41.6 Å². The molecule has 4 aromatic rings. The normalized spacial score (nSPS) is 13.2. The van der Waals surface area contributed by atoms with Gasteiger partial charge in [0.25, 0.3) is 0 Å². The minimum absolute atomic E-state index is 0.0914. The molecule has 0 unspecified atom stereocenters. The largest absolute Gasteiger partial charge is 0.496 e. The molecule has 1 aliphatic rings. The van der Waals surface area contributed by atoms with Gasteiger partial charge in [-0.2, -0.15) is 5.10 Å². The molecule has 7 heteroatoms. The van der Waals surface area contributed by atoms with E-state index in [0.717, 1.165) is 56.8 Å². The summed E-state index contributed by atoms with van der Waals surface area (Å²) in [5, 5.41) is 11.7. The average Bonchev–Trinajstić information content (AvgIpc) is 3.19. The number of para-hydroxylation sites is 1. The Kier molecular flexibility index (Phi) is 4.78. The van der Waals surface area contributed by atoms with Gasteiger partial charge in [-0.25, -0.2) is 4.79 Å². The summed E-state index contributed by atoms with van der Waals surface area (Å²) in [4.78, 5) is 18.8. The predicted molar refractivity (Wildman–Crippen MR) is 120 cm³/mol. The van der Waals surface area contributed by atoms with E-state index >= 15 is 0 Å². The van der Waals surface area contributed by atoms with Gasteiger partial charge in [0.05, 0.1) is 12.6 Å². The SMILES string of the molecule is COc1ccccc1CCN1Cc2cc3c(-c4ccnc(C)c4)n[nH]c3cc2NC1=O. The second-order valence-electron chi connectivity index (χ2n) is 7.73. The maximum atomic E-state index is 12.7. The number of ether oxygens (including phenoxy) is 1. The number of aryl methyl sites for hydroxylation is 1. The molecule has 156 valence electrons. The zero-order valence-corrected chi connectivity index (χ0v) is 17.5. The summed E-state index contributed by atoms with van der Waals surface area (Å²) in [5.41, 5.74) is 6.73. The van der Waals surface area contributed by atoms with Crippen molar-refractivity contribution in [1.82, 2.24) is 20.1 Å². The number of urea groups is 1. The molecule has 3 heterocycles. The number of rotatable bonds is 5. The lowest BCUT2D eigenvalue weighted by Crippen LogP contribution is -2.39. The summed E-state index contributed by atoms with van der Waals surface area (Å²) >= 11 is 0. The van der Waals surface area contributed by atoms with Crippen LogP contribution in [0.15, 0.2) is 54.7 Å². The number of carbonyl (C=O) groups excluding carboxylic acids is 1. The van der Waals surface area contributed by atoms with E-state index in [-0.39, 0.29) is 6.03 Å². The first-order valence-corrected chi connectivity index (χ1v) is 10.2. The fraction of sp³-hybridized carbons (Fsp3) is 0.208. The highest BCUT2D eigenvalue weighted by molar-refractivity contribution is 6.00. The summed E-state index contributed by atoms with van der Waals surface area (Å²) in [6.07, 6.45) is 2.52. The predicted octanol–water partition coefficient (Wildman–Crippen LogP) is 4.53. The number of nitrogens with one attached hydrogen (secondary N) is 2. The smallest absolute Gasteiger partial charge is 0.322 e. The minimum atomic E-state index is -0.0914. The van der Waals surface area contributed by atoms with Crippen molar-refractivity contribution in [2.24, 2.45) is 0 Å². The molecule has 2 N–H and O–H groups in total. The van der Waals surface area contributed by atoms with Crippen LogP contribution in [0.25, 0.3) is 22.2 Å². The van der Waals surface area contributed by atoms with Gasteiger partial charge in [-0.1, -0.05) is 18.2 Å². The number of nitrogens with zero attached hydrogens (tertiary/aromatic N) is 3. The van der Waals surface area contributed by atoms with Crippen LogP contribution in [0, 0.1) is 6.92 Å². The van der Waals surface area contributed by atoms with Crippen molar-refractivity contribution in [1.29, 1.82) is 0 Å². The first-order chi connectivity index (χ1) is 15.1. The van der Waals surface area contributed by atoms with Gasteiger partial charge in [0.15, 0.2) is 0 Å². The number of hydrogen-bond acceptors (Lipinski definition) is 4. The quantitative estimate of drug-likeness (QED) is 0.503. The van der Waals surface area contributed by atoms with Gasteiger partial charge in [-0.15, -0.1) is 0 Å². The lowest BCUT2D eigenvalue weighted by Gasteiger charge is -2.29. The van der Waals surface area contributed by atoms with Crippen molar-refractivity contribution in [3.05, 3.63) is 71.5 Å². The van der Waals surface area contributed by atoms with E-state index in [1.54, 1.807) is 13.3 Å². The van der Waals surface area contributed by atoms with E-state index in [1.807, 2.05) is 54.3 Å². The second-order valence-corrected chi connectivity index (χ2v) is 7.73. The Hall–Kier alpha value is -3.87. The van der Waals surface area contributed by atoms with Crippen molar-refractivity contribution >= 4 is 22.6 Å². The molecule has 1 aliphatic heterocycles. The molecule has 31 heavy (non-hydrogen) atoms. The lowest BCUT2D eigenvalue weighted by molar-refractivity contribution is 0.207. The van der Waals surface area contributed by atoms with Crippen LogP contribution in [-0.4, -0.2) is 39.8 Å². The third-order valence-corrected chi connectivity index (χ3v) is 5.69. The Balaban J connectivity index is 1.43. The summed E-state index contributed by atoms with van der Waals surface area (Å²) in [6.45, 7) is 3.12. The summed E-state index contributed by atoms with van der Waals surface area (Å²) in [7, 11) is 1.67. The third kappa shape index (κ3) is 3.59. The van der Waals surface area contributed by atoms with Crippen LogP contribution in [0.3, 0.4) is 0 Å². The minimum Gasteiger partial charge on any atom is -0.496 e. The molecular formula is C24H23N5O2. The maximum Gasteiger partial charge on any atom is 0.322 e. The fourth-order valence-corrected chi connectivity index (χ4v) is 4.09. The number of aromatic nitrogens is 3. The number of carbonyl (C=O) groups is 1. The van der Waals surface area contributed by atoms with Gasteiger partial charge < -0.3 is 15.0 Å².